The smallest absolute Gasteiger partial charge is 0.310 e. The Hall–Kier alpha value is -2.77. The SMILES string of the molecule is CO/C1=C\CC(=O)O[C@H](C)C/C=C/C=C/[C@H](O[C@H]2CC[C@H](N(C)C)[C@@H](C)O2)[C@H](C)C[C@@H]2C[C@H](OCc3cn([C@H]4[C@H](O)[C@@H](O)[C@H](CO)O[C@@H]4O)nn3)O[C@@H]12. The summed E-state index contributed by atoms with van der Waals surface area (Å²) in [4.78, 5) is 14.9. The number of nitrogens with zero attached hydrogens (tertiary/aromatic N) is 4. The van der Waals surface area contributed by atoms with E-state index in [2.05, 4.69) is 49.2 Å². The first-order chi connectivity index (χ1) is 25.4. The molecule has 1 aromatic heterocycles. The summed E-state index contributed by atoms with van der Waals surface area (Å²) in [7, 11) is 5.69. The summed E-state index contributed by atoms with van der Waals surface area (Å²) in [6, 6.07) is -0.833. The minimum Gasteiger partial charge on any atom is -0.499 e. The standard InChI is InChI=1S/C37H58N4O12/c1-21-16-24-17-32(48-20-25-18-41(39-38-25)33-35(45)34(44)29(19-42)52-37(33)46)53-36(24)28(47-6)13-14-30(43)49-22(2)10-8-7-9-11-27(21)51-31-15-12-26(40(4)5)23(3)50-31/h7-9,11,13,18,21-24,26-27,29,31-37,42,44-46H,10,12,14-17,19-20H2,1-6H3/b8-7+,11-9+,28-13-/t21-,22-,23-,24-,26+,27+,29+,31+,32-,33+,34+,35+,36-,37+/m1/s1. The van der Waals surface area contributed by atoms with Gasteiger partial charge in [-0.2, -0.15) is 0 Å². The van der Waals surface area contributed by atoms with Gasteiger partial charge in [0, 0.05) is 18.9 Å². The zero-order valence-corrected chi connectivity index (χ0v) is 31.5. The van der Waals surface area contributed by atoms with Gasteiger partial charge < -0.3 is 58.5 Å². The van der Waals surface area contributed by atoms with Gasteiger partial charge in [-0.3, -0.25) is 4.79 Å². The van der Waals surface area contributed by atoms with Gasteiger partial charge in [-0.15, -0.1) is 5.10 Å². The lowest BCUT2D eigenvalue weighted by molar-refractivity contribution is -0.265. The predicted molar refractivity (Wildman–Crippen MR) is 188 cm³/mol. The molecule has 14 atom stereocenters. The number of rotatable bonds is 9. The zero-order chi connectivity index (χ0) is 38.2. The molecule has 5 heterocycles. The van der Waals surface area contributed by atoms with E-state index in [0.29, 0.717) is 36.8 Å². The number of likely N-dealkylation sites (N-methyl/N-ethyl adjacent to an activating group) is 1. The van der Waals surface area contributed by atoms with Crippen molar-refractivity contribution < 1.29 is 58.4 Å². The summed E-state index contributed by atoms with van der Waals surface area (Å²) in [5.41, 5.74) is 0.384. The van der Waals surface area contributed by atoms with Crippen molar-refractivity contribution in [1.29, 1.82) is 0 Å². The van der Waals surface area contributed by atoms with Crippen LogP contribution >= 0.6 is 0 Å². The minimum absolute atomic E-state index is 0.0105. The molecule has 3 fully saturated rings. The van der Waals surface area contributed by atoms with Gasteiger partial charge >= 0.3 is 5.97 Å². The Morgan fingerprint density at radius 3 is 2.53 bits per heavy atom. The number of aromatic nitrogens is 3. The second kappa shape index (κ2) is 19.2. The number of allylic oxidation sites excluding steroid dienone is 2. The minimum atomic E-state index is -1.54. The van der Waals surface area contributed by atoms with E-state index in [-0.39, 0.29) is 55.4 Å². The number of ether oxygens (including phenoxy) is 7. The molecule has 0 amide bonds. The molecule has 0 bridgehead atoms. The topological polar surface area (TPSA) is 197 Å². The van der Waals surface area contributed by atoms with Crippen LogP contribution in [0.2, 0.25) is 0 Å². The Bertz CT molecular complexity index is 1410. The van der Waals surface area contributed by atoms with Crippen molar-refractivity contribution in [3.8, 4) is 0 Å². The highest BCUT2D eigenvalue weighted by Crippen LogP contribution is 2.39. The molecule has 53 heavy (non-hydrogen) atoms. The van der Waals surface area contributed by atoms with Gasteiger partial charge in [-0.05, 0) is 65.1 Å². The Kier molecular flexibility index (Phi) is 15.0. The van der Waals surface area contributed by atoms with Crippen molar-refractivity contribution in [1.82, 2.24) is 19.9 Å². The van der Waals surface area contributed by atoms with E-state index in [9.17, 15) is 25.2 Å². The number of cyclic esters (lactones) is 1. The van der Waals surface area contributed by atoms with Gasteiger partial charge in [0.15, 0.2) is 18.9 Å². The summed E-state index contributed by atoms with van der Waals surface area (Å²) in [6.45, 7) is 5.50. The van der Waals surface area contributed by atoms with E-state index >= 15 is 0 Å². The van der Waals surface area contributed by atoms with Gasteiger partial charge in [0.2, 0.25) is 0 Å². The Balaban J connectivity index is 1.31. The second-order valence-electron chi connectivity index (χ2n) is 14.8. The van der Waals surface area contributed by atoms with E-state index in [1.54, 1.807) is 13.2 Å². The molecule has 0 aliphatic carbocycles. The maximum Gasteiger partial charge on any atom is 0.310 e. The van der Waals surface area contributed by atoms with Crippen LogP contribution in [0.15, 0.2) is 42.3 Å². The molecule has 16 nitrogen and oxygen atoms in total. The Labute approximate surface area is 311 Å². The number of hydrogen-bond acceptors (Lipinski definition) is 15. The molecule has 0 unspecified atom stereocenters. The van der Waals surface area contributed by atoms with Crippen molar-refractivity contribution in [2.24, 2.45) is 11.8 Å². The molecule has 3 saturated heterocycles. The molecule has 298 valence electrons. The molecule has 0 saturated carbocycles. The van der Waals surface area contributed by atoms with Crippen molar-refractivity contribution in [3.63, 3.8) is 0 Å². The van der Waals surface area contributed by atoms with Crippen LogP contribution in [-0.4, -0.2) is 142 Å². The van der Waals surface area contributed by atoms with E-state index in [0.717, 1.165) is 12.8 Å². The molecule has 4 aliphatic rings. The molecule has 0 spiro atoms. The molecule has 0 radical (unpaired) electrons. The fourth-order valence-corrected chi connectivity index (χ4v) is 7.62. The number of aliphatic hydroxyl groups excluding tert-OH is 4. The summed E-state index contributed by atoms with van der Waals surface area (Å²) in [5.74, 6) is 0.0884. The summed E-state index contributed by atoms with van der Waals surface area (Å²) < 4.78 is 43.5. The number of aliphatic hydroxyl groups is 4. The molecular weight excluding hydrogens is 692 g/mol. The Morgan fingerprint density at radius 1 is 1.02 bits per heavy atom. The van der Waals surface area contributed by atoms with E-state index < -0.39 is 49.6 Å². The summed E-state index contributed by atoms with van der Waals surface area (Å²) in [6.07, 6.45) is 7.00. The normalized spacial score (nSPS) is 41.3. The molecule has 5 rings (SSSR count). The largest absolute Gasteiger partial charge is 0.499 e. The van der Waals surface area contributed by atoms with Crippen LogP contribution in [0, 0.1) is 11.8 Å². The first kappa shape index (κ1) is 41.4. The van der Waals surface area contributed by atoms with E-state index in [1.807, 2.05) is 25.2 Å². The van der Waals surface area contributed by atoms with Crippen molar-refractivity contribution in [3.05, 3.63) is 48.0 Å². The van der Waals surface area contributed by atoms with Crippen LogP contribution in [0.4, 0.5) is 0 Å². The zero-order valence-electron chi connectivity index (χ0n) is 31.5. The number of carbonyl (C=O) groups excluding carboxylic acids is 1. The third-order valence-electron chi connectivity index (χ3n) is 10.5. The summed E-state index contributed by atoms with van der Waals surface area (Å²) >= 11 is 0. The molecule has 1 aromatic rings. The lowest BCUT2D eigenvalue weighted by atomic mass is 9.86. The van der Waals surface area contributed by atoms with Crippen molar-refractivity contribution in [2.45, 2.75) is 140 Å². The second-order valence-corrected chi connectivity index (χ2v) is 14.8. The van der Waals surface area contributed by atoms with Crippen LogP contribution in [0.1, 0.15) is 71.0 Å². The first-order valence-electron chi connectivity index (χ1n) is 18.6. The number of esters is 1. The van der Waals surface area contributed by atoms with Crippen molar-refractivity contribution >= 4 is 5.97 Å². The van der Waals surface area contributed by atoms with Gasteiger partial charge in [0.25, 0.3) is 0 Å². The van der Waals surface area contributed by atoms with Crippen molar-refractivity contribution in [2.75, 3.05) is 27.8 Å². The number of hydrogen-bond donors (Lipinski definition) is 4. The quantitative estimate of drug-likeness (QED) is 0.266. The lowest BCUT2D eigenvalue weighted by Gasteiger charge is -2.39. The van der Waals surface area contributed by atoms with Crippen LogP contribution < -0.4 is 0 Å². The van der Waals surface area contributed by atoms with Gasteiger partial charge in [-0.25, -0.2) is 4.68 Å². The monoisotopic (exact) mass is 750 g/mol. The maximum absolute atomic E-state index is 12.7. The number of fused-ring (bicyclic) bond motifs is 1. The Morgan fingerprint density at radius 2 is 1.81 bits per heavy atom. The van der Waals surface area contributed by atoms with Crippen LogP contribution in [0.25, 0.3) is 0 Å². The first-order valence-corrected chi connectivity index (χ1v) is 18.6. The molecule has 4 N–H and O–H groups in total. The maximum atomic E-state index is 12.7. The highest BCUT2D eigenvalue weighted by Gasteiger charge is 2.46. The summed E-state index contributed by atoms with van der Waals surface area (Å²) in [5, 5.41) is 48.9. The lowest BCUT2D eigenvalue weighted by Crippen LogP contribution is -2.56. The van der Waals surface area contributed by atoms with Gasteiger partial charge in [-0.1, -0.05) is 36.4 Å². The van der Waals surface area contributed by atoms with Gasteiger partial charge in [0.1, 0.15) is 48.0 Å². The molecule has 0 aromatic carbocycles. The molecule has 4 aliphatic heterocycles. The molecular formula is C37H58N4O12. The number of carbonyl (C=O) groups is 1. The number of methoxy groups -OCH3 is 1. The predicted octanol–water partition coefficient (Wildman–Crippen LogP) is 1.73. The fraction of sp³-hybridized carbons (Fsp3) is 0.757. The van der Waals surface area contributed by atoms with E-state index in [4.69, 9.17) is 33.2 Å². The molecule has 16 heteroatoms. The van der Waals surface area contributed by atoms with Crippen LogP contribution in [-0.2, 0) is 44.6 Å². The fourth-order valence-electron chi connectivity index (χ4n) is 7.62. The average Bonchev–Trinajstić information content (AvgIpc) is 3.75. The average molecular weight is 751 g/mol. The van der Waals surface area contributed by atoms with Gasteiger partial charge in [0.05, 0.1) is 45.1 Å². The third kappa shape index (κ3) is 10.7. The van der Waals surface area contributed by atoms with Crippen LogP contribution in [0.5, 0.6) is 0 Å². The van der Waals surface area contributed by atoms with Crippen LogP contribution in [0.3, 0.4) is 0 Å². The van der Waals surface area contributed by atoms with E-state index in [1.165, 1.54) is 10.9 Å². The highest BCUT2D eigenvalue weighted by molar-refractivity contribution is 5.71. The highest BCUT2D eigenvalue weighted by atomic mass is 16.7. The third-order valence-corrected chi connectivity index (χ3v) is 10.5.